The molecular weight excluding hydrogens is 478 g/mol. The Kier molecular flexibility index (Phi) is 8.47. The topological polar surface area (TPSA) is 38.3 Å². The summed E-state index contributed by atoms with van der Waals surface area (Å²) in [4.78, 5) is 13.3. The Bertz CT molecular complexity index is 1330. The number of rotatable bonds is 9. The van der Waals surface area contributed by atoms with Crippen LogP contribution in [0.15, 0.2) is 103 Å². The molecular formula is C36H41NO2. The first-order valence-electron chi connectivity index (χ1n) is 14.5. The zero-order chi connectivity index (χ0) is 27.2. The maximum atomic E-state index is 13.3. The lowest BCUT2D eigenvalue weighted by Crippen LogP contribution is -2.42. The van der Waals surface area contributed by atoms with Gasteiger partial charge < -0.3 is 10.1 Å². The average molecular weight is 520 g/mol. The summed E-state index contributed by atoms with van der Waals surface area (Å²) in [6.45, 7) is 6.72. The Hall–Kier alpha value is -3.43. The van der Waals surface area contributed by atoms with Gasteiger partial charge in [-0.2, -0.15) is 0 Å². The number of nitrogens with one attached hydrogen (secondary N) is 1. The van der Waals surface area contributed by atoms with E-state index in [-0.39, 0.29) is 29.6 Å². The summed E-state index contributed by atoms with van der Waals surface area (Å²) in [5.74, 6) is 0.182. The molecule has 1 N–H and O–H groups in total. The molecule has 1 aliphatic rings. The molecule has 0 aromatic heterocycles. The van der Waals surface area contributed by atoms with E-state index < -0.39 is 0 Å². The third kappa shape index (κ3) is 6.42. The summed E-state index contributed by atoms with van der Waals surface area (Å²) in [6, 6.07) is 36.2. The molecule has 0 amide bonds. The number of fused-ring (bicyclic) bond motifs is 1. The van der Waals surface area contributed by atoms with Crippen LogP contribution in [-0.2, 0) is 14.9 Å². The fourth-order valence-electron chi connectivity index (χ4n) is 6.35. The van der Waals surface area contributed by atoms with Crippen LogP contribution in [0.25, 0.3) is 10.8 Å². The van der Waals surface area contributed by atoms with E-state index >= 15 is 0 Å². The highest BCUT2D eigenvalue weighted by atomic mass is 16.5. The maximum Gasteiger partial charge on any atom is 0.307 e. The Morgan fingerprint density at radius 1 is 0.821 bits per heavy atom. The molecule has 0 unspecified atom stereocenters. The van der Waals surface area contributed by atoms with Gasteiger partial charge in [0.25, 0.3) is 0 Å². The van der Waals surface area contributed by atoms with Crippen molar-refractivity contribution in [3.63, 3.8) is 0 Å². The van der Waals surface area contributed by atoms with Crippen molar-refractivity contribution in [1.82, 2.24) is 5.32 Å². The van der Waals surface area contributed by atoms with Gasteiger partial charge in [0.05, 0.1) is 12.5 Å². The van der Waals surface area contributed by atoms with Gasteiger partial charge in [0.15, 0.2) is 0 Å². The van der Waals surface area contributed by atoms with E-state index in [2.05, 4.69) is 117 Å². The van der Waals surface area contributed by atoms with E-state index in [4.69, 9.17) is 4.74 Å². The summed E-state index contributed by atoms with van der Waals surface area (Å²) in [5, 5.41) is 6.22. The first-order valence-corrected chi connectivity index (χ1v) is 14.5. The fraction of sp³-hybridized carbons (Fsp3) is 0.361. The molecule has 3 atom stereocenters. The number of esters is 1. The van der Waals surface area contributed by atoms with Crippen LogP contribution in [-0.4, -0.2) is 18.1 Å². The molecule has 0 spiro atoms. The molecule has 0 aliphatic heterocycles. The van der Waals surface area contributed by atoms with Gasteiger partial charge in [-0.05, 0) is 59.1 Å². The number of carbonyl (C=O) groups is 1. The van der Waals surface area contributed by atoms with Crippen molar-refractivity contribution < 1.29 is 9.53 Å². The van der Waals surface area contributed by atoms with Crippen LogP contribution in [0, 0.1) is 5.92 Å². The van der Waals surface area contributed by atoms with E-state index in [1.54, 1.807) is 0 Å². The van der Waals surface area contributed by atoms with Gasteiger partial charge in [-0.1, -0.05) is 123 Å². The molecule has 0 radical (unpaired) electrons. The highest BCUT2D eigenvalue weighted by Gasteiger charge is 2.40. The molecule has 5 rings (SSSR count). The molecule has 4 aromatic carbocycles. The standard InChI is InChI=1S/C36H41NO2/c1-26(37-35(28-15-6-4-7-16-28)29-17-8-5-9-18-29)24-34(38)39-33-21-13-12-20-32(33)36(2,3)31-23-22-27-14-10-11-19-30(27)25-31/h4-11,14-19,22-23,25-26,32-33,35,37H,12-13,20-21,24H2,1-3H3/t26-,32-,33-/m1/s1. The van der Waals surface area contributed by atoms with Crippen LogP contribution in [0.1, 0.15) is 75.6 Å². The highest BCUT2D eigenvalue weighted by Crippen LogP contribution is 2.43. The number of benzene rings is 4. The fourth-order valence-corrected chi connectivity index (χ4v) is 6.35. The van der Waals surface area contributed by atoms with Gasteiger partial charge in [-0.3, -0.25) is 4.79 Å². The van der Waals surface area contributed by atoms with Gasteiger partial charge in [0.2, 0.25) is 0 Å². The van der Waals surface area contributed by atoms with Gasteiger partial charge in [0.1, 0.15) is 6.10 Å². The lowest BCUT2D eigenvalue weighted by atomic mass is 9.66. The SMILES string of the molecule is C[C@H](CC(=O)O[C@@H]1CCCC[C@H]1C(C)(C)c1ccc2ccccc2c1)NC(c1ccccc1)c1ccccc1. The summed E-state index contributed by atoms with van der Waals surface area (Å²) in [6.07, 6.45) is 4.60. The second kappa shape index (κ2) is 12.2. The van der Waals surface area contributed by atoms with E-state index in [1.807, 2.05) is 12.1 Å². The molecule has 202 valence electrons. The first-order chi connectivity index (χ1) is 18.9. The lowest BCUT2D eigenvalue weighted by molar-refractivity contribution is -0.156. The van der Waals surface area contributed by atoms with Crippen molar-refractivity contribution in [2.45, 2.75) is 76.5 Å². The average Bonchev–Trinajstić information content (AvgIpc) is 2.96. The first kappa shape index (κ1) is 27.1. The van der Waals surface area contributed by atoms with Crippen LogP contribution in [0.5, 0.6) is 0 Å². The number of ether oxygens (including phenoxy) is 1. The highest BCUT2D eigenvalue weighted by molar-refractivity contribution is 5.83. The van der Waals surface area contributed by atoms with Crippen molar-refractivity contribution in [2.75, 3.05) is 0 Å². The lowest BCUT2D eigenvalue weighted by Gasteiger charge is -2.42. The van der Waals surface area contributed by atoms with Gasteiger partial charge in [-0.15, -0.1) is 0 Å². The largest absolute Gasteiger partial charge is 0.462 e. The van der Waals surface area contributed by atoms with Crippen molar-refractivity contribution >= 4 is 16.7 Å². The quantitative estimate of drug-likeness (QED) is 0.226. The molecule has 0 saturated heterocycles. The predicted molar refractivity (Wildman–Crippen MR) is 161 cm³/mol. The molecule has 4 aromatic rings. The van der Waals surface area contributed by atoms with Crippen LogP contribution in [0.4, 0.5) is 0 Å². The third-order valence-corrected chi connectivity index (χ3v) is 8.60. The molecule has 1 aliphatic carbocycles. The maximum absolute atomic E-state index is 13.3. The Balaban J connectivity index is 1.27. The predicted octanol–water partition coefficient (Wildman–Crippen LogP) is 8.38. The van der Waals surface area contributed by atoms with Crippen LogP contribution in [0.2, 0.25) is 0 Å². The minimum atomic E-state index is -0.110. The van der Waals surface area contributed by atoms with Crippen molar-refractivity contribution in [1.29, 1.82) is 0 Å². The summed E-state index contributed by atoms with van der Waals surface area (Å²) >= 11 is 0. The summed E-state index contributed by atoms with van der Waals surface area (Å²) < 4.78 is 6.28. The van der Waals surface area contributed by atoms with E-state index in [1.165, 1.54) is 33.9 Å². The van der Waals surface area contributed by atoms with E-state index in [9.17, 15) is 4.79 Å². The van der Waals surface area contributed by atoms with E-state index in [0.717, 1.165) is 19.3 Å². The molecule has 0 bridgehead atoms. The van der Waals surface area contributed by atoms with E-state index in [0.29, 0.717) is 12.3 Å². The molecule has 1 saturated carbocycles. The van der Waals surface area contributed by atoms with Crippen LogP contribution >= 0.6 is 0 Å². The Labute approximate surface area is 233 Å². The van der Waals surface area contributed by atoms with Gasteiger partial charge in [0, 0.05) is 12.0 Å². The van der Waals surface area contributed by atoms with Crippen LogP contribution in [0.3, 0.4) is 0 Å². The Morgan fingerprint density at radius 2 is 1.41 bits per heavy atom. The van der Waals surface area contributed by atoms with Crippen molar-refractivity contribution in [3.8, 4) is 0 Å². The monoisotopic (exact) mass is 519 g/mol. The minimum absolute atomic E-state index is 0.0180. The van der Waals surface area contributed by atoms with Gasteiger partial charge >= 0.3 is 5.97 Å². The zero-order valence-electron chi connectivity index (χ0n) is 23.5. The van der Waals surface area contributed by atoms with Crippen molar-refractivity contribution in [2.24, 2.45) is 5.92 Å². The smallest absolute Gasteiger partial charge is 0.307 e. The van der Waals surface area contributed by atoms with Crippen LogP contribution < -0.4 is 5.32 Å². The minimum Gasteiger partial charge on any atom is -0.462 e. The third-order valence-electron chi connectivity index (χ3n) is 8.60. The molecule has 3 nitrogen and oxygen atoms in total. The second-order valence-corrected chi connectivity index (χ2v) is 11.7. The zero-order valence-corrected chi connectivity index (χ0v) is 23.5. The second-order valence-electron chi connectivity index (χ2n) is 11.7. The number of hydrogen-bond donors (Lipinski definition) is 1. The molecule has 39 heavy (non-hydrogen) atoms. The summed E-state index contributed by atoms with van der Waals surface area (Å²) in [5.41, 5.74) is 3.60. The number of carbonyl (C=O) groups excluding carboxylic acids is 1. The molecule has 3 heteroatoms. The normalized spacial score (nSPS) is 18.7. The number of hydrogen-bond acceptors (Lipinski definition) is 3. The molecule has 0 heterocycles. The Morgan fingerprint density at radius 3 is 2.08 bits per heavy atom. The molecule has 1 fully saturated rings. The van der Waals surface area contributed by atoms with Crippen molar-refractivity contribution in [3.05, 3.63) is 120 Å². The van der Waals surface area contributed by atoms with Gasteiger partial charge in [-0.25, -0.2) is 0 Å². The summed E-state index contributed by atoms with van der Waals surface area (Å²) in [7, 11) is 0.